The normalized spacial score (nSPS) is 36.9. The van der Waals surface area contributed by atoms with Crippen LogP contribution in [0.15, 0.2) is 29.4 Å². The minimum Gasteiger partial charge on any atom is -0.507 e. The first kappa shape index (κ1) is 14.7. The Kier molecular flexibility index (Phi) is 3.63. The molecule has 0 heterocycles. The van der Waals surface area contributed by atoms with Crippen LogP contribution in [0, 0.1) is 29.6 Å². The molecule has 122 valence electrons. The summed E-state index contributed by atoms with van der Waals surface area (Å²) in [6.07, 6.45) is 6.48. The number of nitrogens with one attached hydrogen (secondary N) is 1. The molecule has 23 heavy (non-hydrogen) atoms. The second-order valence-corrected chi connectivity index (χ2v) is 7.56. The fourth-order valence-electron chi connectivity index (χ4n) is 5.21. The summed E-state index contributed by atoms with van der Waals surface area (Å²) >= 11 is 0. The molecule has 3 saturated carbocycles. The fraction of sp³-hybridized carbons (Fsp3) is 0.579. The van der Waals surface area contributed by atoms with Crippen molar-refractivity contribution in [3.05, 3.63) is 29.8 Å². The highest BCUT2D eigenvalue weighted by Crippen LogP contribution is 2.57. The number of fused-ring (bicyclic) bond motifs is 5. The Hall–Kier alpha value is -1.84. The van der Waals surface area contributed by atoms with Gasteiger partial charge in [-0.3, -0.25) is 4.79 Å². The predicted octanol–water partition coefficient (Wildman–Crippen LogP) is 3.57. The molecule has 0 spiro atoms. The molecular formula is C19H24N2O2. The standard InChI is InChI=1S/C19H24N2O2/c1-11-8-15-12-6-7-13(9-12)16(15)10-17(11)20-21-19(23)14-4-2-3-5-18(14)22/h2-5,11-13,15-16,22H,6-10H2,1H3,(H,21,23)/b20-17+/t11-,12+,13+,15+,16+/m1/s1. The highest BCUT2D eigenvalue weighted by Gasteiger charge is 2.50. The molecule has 4 nitrogen and oxygen atoms in total. The molecule has 1 amide bonds. The second kappa shape index (κ2) is 5.66. The lowest BCUT2D eigenvalue weighted by Gasteiger charge is -2.38. The summed E-state index contributed by atoms with van der Waals surface area (Å²) in [5.41, 5.74) is 4.06. The molecule has 2 N–H and O–H groups in total. The summed E-state index contributed by atoms with van der Waals surface area (Å²) in [6.45, 7) is 2.23. The lowest BCUT2D eigenvalue weighted by atomic mass is 9.67. The number of phenolic OH excluding ortho intramolecular Hbond substituents is 1. The van der Waals surface area contributed by atoms with E-state index in [2.05, 4.69) is 17.5 Å². The van der Waals surface area contributed by atoms with Crippen LogP contribution in [0.2, 0.25) is 0 Å². The van der Waals surface area contributed by atoms with Gasteiger partial charge in [0.25, 0.3) is 5.91 Å². The van der Waals surface area contributed by atoms with E-state index < -0.39 is 0 Å². The number of phenols is 1. The Morgan fingerprint density at radius 3 is 2.70 bits per heavy atom. The van der Waals surface area contributed by atoms with Gasteiger partial charge in [0.15, 0.2) is 0 Å². The lowest BCUT2D eigenvalue weighted by molar-refractivity contribution is 0.0951. The molecule has 5 atom stereocenters. The van der Waals surface area contributed by atoms with Gasteiger partial charge in [-0.05, 0) is 73.8 Å². The van der Waals surface area contributed by atoms with E-state index in [4.69, 9.17) is 0 Å². The molecular weight excluding hydrogens is 288 g/mol. The van der Waals surface area contributed by atoms with Gasteiger partial charge in [-0.1, -0.05) is 19.1 Å². The first-order valence-electron chi connectivity index (χ1n) is 8.78. The molecule has 3 fully saturated rings. The number of carbonyl (C=O) groups excluding carboxylic acids is 1. The Balaban J connectivity index is 1.46. The second-order valence-electron chi connectivity index (χ2n) is 7.56. The van der Waals surface area contributed by atoms with Crippen molar-refractivity contribution in [2.75, 3.05) is 0 Å². The molecule has 1 aromatic rings. The summed E-state index contributed by atoms with van der Waals surface area (Å²) in [5, 5.41) is 14.2. The highest BCUT2D eigenvalue weighted by molar-refractivity contribution is 5.98. The number of carbonyl (C=O) groups is 1. The first-order valence-corrected chi connectivity index (χ1v) is 8.78. The van der Waals surface area contributed by atoms with E-state index in [1.54, 1.807) is 18.2 Å². The zero-order valence-corrected chi connectivity index (χ0v) is 13.5. The van der Waals surface area contributed by atoms with Crippen molar-refractivity contribution in [1.29, 1.82) is 0 Å². The van der Waals surface area contributed by atoms with Gasteiger partial charge in [0.2, 0.25) is 0 Å². The molecule has 2 bridgehead atoms. The molecule has 4 heteroatoms. The minimum absolute atomic E-state index is 0.00457. The third-order valence-corrected chi connectivity index (χ3v) is 6.36. The number of hydrogen-bond acceptors (Lipinski definition) is 3. The van der Waals surface area contributed by atoms with Crippen LogP contribution >= 0.6 is 0 Å². The monoisotopic (exact) mass is 312 g/mol. The number of para-hydroxylation sites is 1. The van der Waals surface area contributed by atoms with Crippen molar-refractivity contribution in [2.45, 2.75) is 39.0 Å². The third kappa shape index (κ3) is 2.54. The number of aromatic hydroxyl groups is 1. The Bertz CT molecular complexity index is 655. The topological polar surface area (TPSA) is 61.7 Å². The SMILES string of the molecule is C[C@@H]1C[C@H]2[C@H]3CC[C@@H](C3)[C@@H]2C/C1=N\NC(=O)c1ccccc1O. The first-order chi connectivity index (χ1) is 11.1. The molecule has 3 aliphatic rings. The van der Waals surface area contributed by atoms with Gasteiger partial charge in [0.05, 0.1) is 5.56 Å². The van der Waals surface area contributed by atoms with Crippen LogP contribution in [-0.2, 0) is 0 Å². The van der Waals surface area contributed by atoms with E-state index in [1.165, 1.54) is 31.7 Å². The van der Waals surface area contributed by atoms with Gasteiger partial charge >= 0.3 is 0 Å². The maximum Gasteiger partial charge on any atom is 0.275 e. The van der Waals surface area contributed by atoms with Crippen molar-refractivity contribution < 1.29 is 9.90 Å². The number of nitrogens with zero attached hydrogens (tertiary/aromatic N) is 1. The zero-order chi connectivity index (χ0) is 16.0. The van der Waals surface area contributed by atoms with Crippen LogP contribution in [0.5, 0.6) is 5.75 Å². The van der Waals surface area contributed by atoms with Crippen molar-refractivity contribution in [3.63, 3.8) is 0 Å². The predicted molar refractivity (Wildman–Crippen MR) is 89.2 cm³/mol. The highest BCUT2D eigenvalue weighted by atomic mass is 16.3. The maximum absolute atomic E-state index is 12.2. The zero-order valence-electron chi connectivity index (χ0n) is 13.5. The van der Waals surface area contributed by atoms with Crippen molar-refractivity contribution in [3.8, 4) is 5.75 Å². The summed E-state index contributed by atoms with van der Waals surface area (Å²) < 4.78 is 0. The molecule has 0 aromatic heterocycles. The quantitative estimate of drug-likeness (QED) is 0.820. The van der Waals surface area contributed by atoms with Crippen LogP contribution in [-0.4, -0.2) is 16.7 Å². The Morgan fingerprint density at radius 2 is 1.91 bits per heavy atom. The van der Waals surface area contributed by atoms with Crippen molar-refractivity contribution in [1.82, 2.24) is 5.43 Å². The van der Waals surface area contributed by atoms with E-state index in [0.717, 1.165) is 35.8 Å². The van der Waals surface area contributed by atoms with Crippen LogP contribution in [0.1, 0.15) is 49.4 Å². The van der Waals surface area contributed by atoms with Crippen LogP contribution in [0.4, 0.5) is 0 Å². The average molecular weight is 312 g/mol. The molecule has 0 unspecified atom stereocenters. The van der Waals surface area contributed by atoms with Crippen LogP contribution in [0.3, 0.4) is 0 Å². The molecule has 1 aromatic carbocycles. The molecule has 0 aliphatic heterocycles. The number of hydrazone groups is 1. The number of amides is 1. The summed E-state index contributed by atoms with van der Waals surface area (Å²) in [7, 11) is 0. The van der Waals surface area contributed by atoms with Gasteiger partial charge < -0.3 is 5.11 Å². The van der Waals surface area contributed by atoms with E-state index in [0.29, 0.717) is 5.92 Å². The van der Waals surface area contributed by atoms with Gasteiger partial charge in [0.1, 0.15) is 5.75 Å². The summed E-state index contributed by atoms with van der Waals surface area (Å²) in [4.78, 5) is 12.2. The molecule has 3 aliphatic carbocycles. The average Bonchev–Trinajstić information content (AvgIpc) is 3.14. The van der Waals surface area contributed by atoms with Gasteiger partial charge in [0, 0.05) is 5.71 Å². The minimum atomic E-state index is -0.335. The number of benzene rings is 1. The smallest absolute Gasteiger partial charge is 0.275 e. The lowest BCUT2D eigenvalue weighted by Crippen LogP contribution is -2.36. The fourth-order valence-corrected chi connectivity index (χ4v) is 5.21. The van der Waals surface area contributed by atoms with Gasteiger partial charge in [-0.2, -0.15) is 5.10 Å². The molecule has 4 rings (SSSR count). The Labute approximate surface area is 137 Å². The van der Waals surface area contributed by atoms with Gasteiger partial charge in [-0.15, -0.1) is 0 Å². The van der Waals surface area contributed by atoms with Crippen LogP contribution in [0.25, 0.3) is 0 Å². The van der Waals surface area contributed by atoms with Crippen molar-refractivity contribution >= 4 is 11.6 Å². The molecule has 0 radical (unpaired) electrons. The molecule has 0 saturated heterocycles. The van der Waals surface area contributed by atoms with E-state index in [1.807, 2.05) is 0 Å². The maximum atomic E-state index is 12.2. The van der Waals surface area contributed by atoms with Gasteiger partial charge in [-0.25, -0.2) is 5.43 Å². The van der Waals surface area contributed by atoms with E-state index in [9.17, 15) is 9.90 Å². The summed E-state index contributed by atoms with van der Waals surface area (Å²) in [5.74, 6) is 3.61. The Morgan fingerprint density at radius 1 is 1.17 bits per heavy atom. The van der Waals surface area contributed by atoms with E-state index >= 15 is 0 Å². The largest absolute Gasteiger partial charge is 0.507 e. The van der Waals surface area contributed by atoms with Crippen molar-refractivity contribution in [2.24, 2.45) is 34.7 Å². The number of rotatable bonds is 2. The van der Waals surface area contributed by atoms with E-state index in [-0.39, 0.29) is 17.2 Å². The summed E-state index contributed by atoms with van der Waals surface area (Å²) in [6, 6.07) is 6.58. The van der Waals surface area contributed by atoms with Crippen LogP contribution < -0.4 is 5.43 Å². The third-order valence-electron chi connectivity index (χ3n) is 6.36. The number of hydrogen-bond donors (Lipinski definition) is 2.